The molecule has 0 aromatic heterocycles. The lowest BCUT2D eigenvalue weighted by Gasteiger charge is -2.49. The highest BCUT2D eigenvalue weighted by atomic mass is 16.7. The number of ketones is 3. The molecule has 0 saturated carbocycles. The molecular formula is C34H42N2O13. The van der Waals surface area contributed by atoms with Crippen molar-refractivity contribution in [2.75, 3.05) is 45.3 Å². The molecule has 0 amide bonds. The van der Waals surface area contributed by atoms with Crippen LogP contribution in [0, 0.1) is 0 Å². The molecule has 15 heteroatoms. The fourth-order valence-electron chi connectivity index (χ4n) is 7.73. The van der Waals surface area contributed by atoms with Gasteiger partial charge in [0.1, 0.15) is 23.7 Å². The van der Waals surface area contributed by atoms with E-state index in [2.05, 4.69) is 5.32 Å². The van der Waals surface area contributed by atoms with E-state index in [9.17, 15) is 45.0 Å². The van der Waals surface area contributed by atoms with Gasteiger partial charge in [-0.05, 0) is 19.9 Å². The summed E-state index contributed by atoms with van der Waals surface area (Å²) in [4.78, 5) is 42.9. The van der Waals surface area contributed by atoms with Gasteiger partial charge < -0.3 is 54.9 Å². The molecule has 2 fully saturated rings. The Bertz CT molecular complexity index is 1650. The number of aromatic hydroxyl groups is 2. The lowest BCUT2D eigenvalue weighted by molar-refractivity contribution is -0.273. The number of hydrogen-bond acceptors (Lipinski definition) is 15. The molecule has 0 spiro atoms. The van der Waals surface area contributed by atoms with Gasteiger partial charge in [0.2, 0.25) is 0 Å². The Kier molecular flexibility index (Phi) is 9.85. The van der Waals surface area contributed by atoms with Crippen LogP contribution < -0.4 is 5.32 Å². The Hall–Kier alpha value is -3.51. The second-order valence-corrected chi connectivity index (χ2v) is 13.0. The molecule has 2 aliphatic carbocycles. The number of nitrogens with one attached hydrogen (secondary N) is 1. The van der Waals surface area contributed by atoms with Crippen LogP contribution in [0.4, 0.5) is 5.69 Å². The van der Waals surface area contributed by atoms with Gasteiger partial charge in [-0.15, -0.1) is 0 Å². The van der Waals surface area contributed by atoms with E-state index in [4.69, 9.17) is 18.9 Å². The Morgan fingerprint density at radius 3 is 2.53 bits per heavy atom. The molecule has 0 radical (unpaired) electrons. The molecule has 7 N–H and O–H groups in total. The SMILES string of the molecule is CO[C@H]1OCCN([C@H]2C[C@H](O[C@H]3C[C@](O)(C(=O)CO)Cc4c(O)c5c(c(O)c43)C(=O)c3c(NCCO)cccc3C5=O)O[C@@H](C)[C@H]2O)[C@@H]1C. The molecule has 8 atom stereocenters. The molecule has 4 aliphatic rings. The highest BCUT2D eigenvalue weighted by Gasteiger charge is 2.51. The van der Waals surface area contributed by atoms with Crippen LogP contribution in [0.15, 0.2) is 18.2 Å². The first kappa shape index (κ1) is 35.3. The van der Waals surface area contributed by atoms with Gasteiger partial charge in [0, 0.05) is 67.9 Å². The van der Waals surface area contributed by atoms with E-state index in [0.717, 1.165) is 0 Å². The van der Waals surface area contributed by atoms with E-state index >= 15 is 0 Å². The van der Waals surface area contributed by atoms with Crippen molar-refractivity contribution in [2.24, 2.45) is 0 Å². The van der Waals surface area contributed by atoms with Crippen molar-refractivity contribution >= 4 is 23.0 Å². The van der Waals surface area contributed by atoms with Crippen LogP contribution in [0.1, 0.15) is 75.8 Å². The van der Waals surface area contributed by atoms with E-state index in [0.29, 0.717) is 13.2 Å². The van der Waals surface area contributed by atoms with Crippen molar-refractivity contribution in [3.63, 3.8) is 0 Å². The number of phenols is 2. The number of Topliss-reactive ketones (excluding diaryl/α,β-unsaturated/α-hetero) is 1. The van der Waals surface area contributed by atoms with Gasteiger partial charge in [-0.25, -0.2) is 0 Å². The van der Waals surface area contributed by atoms with E-state index in [-0.39, 0.29) is 53.6 Å². The maximum atomic E-state index is 14.1. The van der Waals surface area contributed by atoms with Crippen LogP contribution in [0.3, 0.4) is 0 Å². The normalized spacial score (nSPS) is 31.5. The van der Waals surface area contributed by atoms with E-state index in [1.165, 1.54) is 19.2 Å². The molecule has 2 saturated heterocycles. The minimum absolute atomic E-state index is 0.0531. The Balaban J connectivity index is 1.42. The summed E-state index contributed by atoms with van der Waals surface area (Å²) >= 11 is 0. The number of morpholine rings is 1. The third-order valence-electron chi connectivity index (χ3n) is 10.2. The summed E-state index contributed by atoms with van der Waals surface area (Å²) in [5, 5.41) is 68.2. The van der Waals surface area contributed by atoms with Gasteiger partial charge in [-0.3, -0.25) is 19.3 Å². The average Bonchev–Trinajstić information content (AvgIpc) is 3.08. The fraction of sp³-hybridized carbons (Fsp3) is 0.559. The third-order valence-corrected chi connectivity index (χ3v) is 10.2. The van der Waals surface area contributed by atoms with Crippen LogP contribution in [0.25, 0.3) is 0 Å². The molecule has 6 rings (SSSR count). The molecule has 2 aromatic rings. The summed E-state index contributed by atoms with van der Waals surface area (Å²) in [5.41, 5.74) is -3.43. The molecule has 0 unspecified atom stereocenters. The molecule has 49 heavy (non-hydrogen) atoms. The molecule has 2 heterocycles. The lowest BCUT2D eigenvalue weighted by atomic mass is 9.71. The lowest BCUT2D eigenvalue weighted by Crippen LogP contribution is -2.62. The predicted octanol–water partition coefficient (Wildman–Crippen LogP) is 0.131. The maximum absolute atomic E-state index is 14.1. The number of aliphatic hydroxyl groups excluding tert-OH is 3. The molecule has 266 valence electrons. The van der Waals surface area contributed by atoms with Crippen molar-refractivity contribution in [3.05, 3.63) is 51.6 Å². The summed E-state index contributed by atoms with van der Waals surface area (Å²) < 4.78 is 23.6. The second-order valence-electron chi connectivity index (χ2n) is 13.0. The number of methoxy groups -OCH3 is 1. The van der Waals surface area contributed by atoms with E-state index in [1.807, 2.05) is 11.8 Å². The number of benzene rings is 2. The largest absolute Gasteiger partial charge is 0.507 e. The number of aliphatic hydroxyl groups is 4. The van der Waals surface area contributed by atoms with Gasteiger partial charge in [-0.1, -0.05) is 12.1 Å². The minimum Gasteiger partial charge on any atom is -0.507 e. The zero-order valence-electron chi connectivity index (χ0n) is 27.4. The number of nitrogens with zero attached hydrogens (tertiary/aromatic N) is 1. The number of phenolic OH excluding ortho intramolecular Hbond substituents is 2. The molecule has 2 aliphatic heterocycles. The zero-order chi connectivity index (χ0) is 35.4. The summed E-state index contributed by atoms with van der Waals surface area (Å²) in [5.74, 6) is -3.90. The predicted molar refractivity (Wildman–Crippen MR) is 170 cm³/mol. The highest BCUT2D eigenvalue weighted by Crippen LogP contribution is 2.52. The number of carbonyl (C=O) groups is 3. The van der Waals surface area contributed by atoms with Crippen LogP contribution in [0.5, 0.6) is 11.5 Å². The van der Waals surface area contributed by atoms with Crippen molar-refractivity contribution < 1.29 is 64.0 Å². The number of anilines is 1. The van der Waals surface area contributed by atoms with Gasteiger partial charge >= 0.3 is 0 Å². The monoisotopic (exact) mass is 686 g/mol. The molecular weight excluding hydrogens is 644 g/mol. The highest BCUT2D eigenvalue weighted by molar-refractivity contribution is 6.32. The summed E-state index contributed by atoms with van der Waals surface area (Å²) in [6, 6.07) is 3.71. The number of hydrogen-bond donors (Lipinski definition) is 7. The summed E-state index contributed by atoms with van der Waals surface area (Å²) in [6.45, 7) is 3.18. The van der Waals surface area contributed by atoms with Crippen molar-refractivity contribution in [2.45, 2.75) is 81.7 Å². The summed E-state index contributed by atoms with van der Waals surface area (Å²) in [6.07, 6.45) is -5.66. The smallest absolute Gasteiger partial charge is 0.200 e. The van der Waals surface area contributed by atoms with Crippen molar-refractivity contribution in [3.8, 4) is 11.5 Å². The van der Waals surface area contributed by atoms with Crippen molar-refractivity contribution in [1.82, 2.24) is 4.90 Å². The Labute approximate surface area is 282 Å². The molecule has 15 nitrogen and oxygen atoms in total. The Morgan fingerprint density at radius 1 is 1.10 bits per heavy atom. The van der Waals surface area contributed by atoms with Crippen LogP contribution in [0.2, 0.25) is 0 Å². The Morgan fingerprint density at radius 2 is 1.84 bits per heavy atom. The van der Waals surface area contributed by atoms with Crippen LogP contribution >= 0.6 is 0 Å². The molecule has 2 aromatic carbocycles. The number of carbonyl (C=O) groups excluding carboxylic acids is 3. The quantitative estimate of drug-likeness (QED) is 0.149. The van der Waals surface area contributed by atoms with Gasteiger partial charge in [-0.2, -0.15) is 0 Å². The van der Waals surface area contributed by atoms with E-state index < -0.39 is 102 Å². The van der Waals surface area contributed by atoms with E-state index in [1.54, 1.807) is 13.0 Å². The number of fused-ring (bicyclic) bond motifs is 3. The zero-order valence-corrected chi connectivity index (χ0v) is 27.4. The van der Waals surface area contributed by atoms with Gasteiger partial charge in [0.05, 0.1) is 54.3 Å². The fourth-order valence-corrected chi connectivity index (χ4v) is 7.73. The van der Waals surface area contributed by atoms with Gasteiger partial charge in [0.15, 0.2) is 29.9 Å². The minimum atomic E-state index is -2.28. The topological polar surface area (TPSA) is 225 Å². The van der Waals surface area contributed by atoms with Gasteiger partial charge in [0.25, 0.3) is 0 Å². The maximum Gasteiger partial charge on any atom is 0.200 e. The third kappa shape index (κ3) is 5.92. The first-order valence-electron chi connectivity index (χ1n) is 16.3. The standard InChI is InChI=1S/C34H42N2O13/c1-15-33(46-3)47-10-8-36(15)20-11-23(48-16(2)28(20)40)49-21-13-34(45,22(39)14-38)12-18-25(21)32(44)27-26(30(18)42)29(41)17-5-4-6-19(35-7-9-37)24(17)31(27)43/h4-6,15-16,20-21,23,28,33,35,37-38,40,42,44-45H,7-14H2,1-3H3/t15-,16+,20+,21+,23+,28-,33+,34+/m1/s1. The van der Waals surface area contributed by atoms with Crippen LogP contribution in [-0.4, -0.2) is 135 Å². The van der Waals surface area contributed by atoms with Crippen molar-refractivity contribution in [1.29, 1.82) is 0 Å². The first-order chi connectivity index (χ1) is 23.4. The summed E-state index contributed by atoms with van der Waals surface area (Å²) in [7, 11) is 1.53. The molecule has 0 bridgehead atoms. The number of rotatable bonds is 9. The second kappa shape index (κ2) is 13.7. The number of ether oxygens (including phenoxy) is 4. The van der Waals surface area contributed by atoms with Crippen LogP contribution in [-0.2, 0) is 30.2 Å². The average molecular weight is 687 g/mol. The first-order valence-corrected chi connectivity index (χ1v) is 16.3.